The summed E-state index contributed by atoms with van der Waals surface area (Å²) in [6, 6.07) is 41.5. The minimum Gasteiger partial charge on any atom is -0.507 e. The zero-order valence-corrected chi connectivity index (χ0v) is 65.9. The fourth-order valence-corrected chi connectivity index (χ4v) is 15.8. The minimum atomic E-state index is -1.04. The third-order valence-corrected chi connectivity index (χ3v) is 21.6. The summed E-state index contributed by atoms with van der Waals surface area (Å²) in [5.41, 5.74) is 8.86. The number of hydrogen-bond donors (Lipinski definition) is 5. The Morgan fingerprint density at radius 2 is 1.40 bits per heavy atom. The van der Waals surface area contributed by atoms with Gasteiger partial charge in [-0.15, -0.1) is 11.3 Å². The monoisotopic (exact) mass is 1730 g/mol. The van der Waals surface area contributed by atoms with Crippen molar-refractivity contribution in [3.8, 4) is 23.0 Å². The molecule has 1 unspecified atom stereocenters. The Morgan fingerprint density at radius 3 is 1.98 bits per heavy atom. The lowest BCUT2D eigenvalue weighted by molar-refractivity contribution is -0.232. The van der Waals surface area contributed by atoms with E-state index in [1.165, 1.54) is 29.2 Å². The summed E-state index contributed by atoms with van der Waals surface area (Å²) < 4.78 is 25.8. The van der Waals surface area contributed by atoms with Crippen LogP contribution in [0, 0.1) is 8.98 Å². The number of aromatic hydroxyl groups is 2. The second kappa shape index (κ2) is 33.7. The Balaban J connectivity index is 0.000000157. The van der Waals surface area contributed by atoms with Gasteiger partial charge in [-0.3, -0.25) is 24.6 Å². The highest BCUT2D eigenvalue weighted by Crippen LogP contribution is 2.43. The van der Waals surface area contributed by atoms with Crippen LogP contribution >= 0.6 is 117 Å². The fraction of sp³-hybridized carbons (Fsp3) is 0.267. The van der Waals surface area contributed by atoms with Gasteiger partial charge in [0.15, 0.2) is 11.0 Å². The zero-order chi connectivity index (χ0) is 72.4. The first-order valence-electron chi connectivity index (χ1n) is 31.6. The number of halogens is 4. The average Bonchev–Trinajstić information content (AvgIpc) is 1.20. The SMILES string of the molecule is CC(C)(C)c1cc(/C=C2/SC(=S)NC2=O)cc(C(C)(C)C)c1O.CCOc1cccc(NC(=O)C2CC(=O)N(/N=C(\C)c3ccc(Br)s3)C(=N)S2)c1.O=C1Cc2ccc(I)cc2/C1=C/c1cc(Br)c(O)c(Br)c1.O=C1OC2(CCCC2)OC(=O)C1=Cc1ccc(OCc2ccccc2)cc1. The molecule has 3 amide bonds. The van der Waals surface area contributed by atoms with Crippen molar-refractivity contribution in [2.24, 2.45) is 5.10 Å². The summed E-state index contributed by atoms with van der Waals surface area (Å²) in [7, 11) is 0. The number of anilines is 1. The molecule has 100 heavy (non-hydrogen) atoms. The quantitative estimate of drug-likeness (QED) is 0.0191. The number of phenolic OH excluding ortho intramolecular Hbond substituents is 2. The number of hydrazone groups is 1. The molecule has 5 N–H and O–H groups in total. The van der Waals surface area contributed by atoms with Crippen molar-refractivity contribution in [1.29, 1.82) is 5.41 Å². The van der Waals surface area contributed by atoms with E-state index in [1.54, 1.807) is 67.6 Å². The van der Waals surface area contributed by atoms with Crippen molar-refractivity contribution in [2.45, 2.75) is 122 Å². The third kappa shape index (κ3) is 20.3. The number of thiophene rings is 1. The van der Waals surface area contributed by atoms with Crippen LogP contribution in [0.2, 0.25) is 0 Å². The fourth-order valence-electron chi connectivity index (χ4n) is 10.8. The number of benzene rings is 6. The van der Waals surface area contributed by atoms with Crippen LogP contribution < -0.4 is 20.1 Å². The molecule has 6 aromatic carbocycles. The van der Waals surface area contributed by atoms with Gasteiger partial charge in [0.1, 0.15) is 44.7 Å². The second-order valence-electron chi connectivity index (χ2n) is 25.5. The Hall–Kier alpha value is -7.24. The first-order chi connectivity index (χ1) is 47.3. The van der Waals surface area contributed by atoms with Crippen LogP contribution in [0.4, 0.5) is 5.69 Å². The highest BCUT2D eigenvalue weighted by molar-refractivity contribution is 14.1. The van der Waals surface area contributed by atoms with Crippen molar-refractivity contribution < 1.29 is 57.9 Å². The number of Topliss-reactive ketones (excluding diaryl/α,β-unsaturated/α-hetero) is 1. The van der Waals surface area contributed by atoms with Gasteiger partial charge >= 0.3 is 11.9 Å². The van der Waals surface area contributed by atoms with E-state index in [-0.39, 0.29) is 57.2 Å². The topological polar surface area (TPSA) is 243 Å². The third-order valence-electron chi connectivity index (χ3n) is 15.8. The van der Waals surface area contributed by atoms with E-state index in [1.807, 2.05) is 91.9 Å². The molecule has 12 rings (SSSR count). The highest BCUT2D eigenvalue weighted by Gasteiger charge is 2.48. The van der Waals surface area contributed by atoms with Crippen LogP contribution in [-0.4, -0.2) is 83.5 Å². The van der Waals surface area contributed by atoms with Crippen LogP contribution in [0.25, 0.3) is 23.8 Å². The van der Waals surface area contributed by atoms with Gasteiger partial charge in [-0.25, -0.2) is 9.59 Å². The molecule has 0 radical (unpaired) electrons. The molecule has 1 atom stereocenters. The van der Waals surface area contributed by atoms with Gasteiger partial charge in [0.2, 0.25) is 5.91 Å². The number of fused-ring (bicyclic) bond motifs is 1. The van der Waals surface area contributed by atoms with Gasteiger partial charge in [-0.2, -0.15) is 10.1 Å². The van der Waals surface area contributed by atoms with Gasteiger partial charge in [0.25, 0.3) is 17.6 Å². The van der Waals surface area contributed by atoms with Gasteiger partial charge in [-0.05, 0) is 232 Å². The van der Waals surface area contributed by atoms with Crippen molar-refractivity contribution in [2.75, 3.05) is 11.9 Å². The first-order valence-corrected chi connectivity index (χ1v) is 38.0. The lowest BCUT2D eigenvalue weighted by Gasteiger charge is -2.32. The lowest BCUT2D eigenvalue weighted by atomic mass is 9.78. The number of carbonyl (C=O) groups excluding carboxylic acids is 6. The van der Waals surface area contributed by atoms with Crippen molar-refractivity contribution in [3.05, 3.63) is 210 Å². The number of ketones is 1. The average molecular weight is 1730 g/mol. The number of thiocarbonyl (C=S) groups is 1. The van der Waals surface area contributed by atoms with E-state index in [2.05, 4.69) is 128 Å². The molecule has 1 saturated carbocycles. The molecule has 3 aliphatic heterocycles. The number of hydrogen-bond acceptors (Lipinski definition) is 18. The minimum absolute atomic E-state index is 0.0328. The number of allylic oxidation sites excluding steroid dienone is 1. The van der Waals surface area contributed by atoms with E-state index < -0.39 is 23.0 Å². The van der Waals surface area contributed by atoms with Crippen LogP contribution in [-0.2, 0) is 62.1 Å². The largest absolute Gasteiger partial charge is 0.507 e. The van der Waals surface area contributed by atoms with E-state index >= 15 is 0 Å². The number of carbonyl (C=O) groups is 6. The molecule has 25 heteroatoms. The van der Waals surface area contributed by atoms with Gasteiger partial charge in [0, 0.05) is 51.3 Å². The molecule has 3 saturated heterocycles. The number of esters is 2. The normalized spacial score (nSPS) is 17.3. The summed E-state index contributed by atoms with van der Waals surface area (Å²) in [6.07, 6.45) is 8.56. The molecule has 1 spiro atoms. The van der Waals surface area contributed by atoms with Gasteiger partial charge in [-0.1, -0.05) is 132 Å². The number of phenols is 2. The predicted molar refractivity (Wildman–Crippen MR) is 421 cm³/mol. The van der Waals surface area contributed by atoms with E-state index in [9.17, 15) is 39.0 Å². The summed E-state index contributed by atoms with van der Waals surface area (Å²) >= 11 is 21.1. The van der Waals surface area contributed by atoms with Crippen LogP contribution in [0.15, 0.2) is 162 Å². The predicted octanol–water partition coefficient (Wildman–Crippen LogP) is 18.2. The molecular formula is C75H71Br3IN5O12S4. The maximum atomic E-state index is 12.6. The Labute approximate surface area is 637 Å². The van der Waals surface area contributed by atoms with Gasteiger partial charge in [0.05, 0.1) is 41.3 Å². The number of ether oxygens (including phenoxy) is 4. The van der Waals surface area contributed by atoms with E-state index in [0.29, 0.717) is 84.9 Å². The molecule has 520 valence electrons. The molecule has 0 bridgehead atoms. The Bertz CT molecular complexity index is 4380. The van der Waals surface area contributed by atoms with Crippen molar-refractivity contribution >= 4 is 198 Å². The molecule has 7 aromatic rings. The molecule has 17 nitrogen and oxygen atoms in total. The van der Waals surface area contributed by atoms with Crippen LogP contribution in [0.3, 0.4) is 0 Å². The molecular weight excluding hydrogens is 1660 g/mol. The van der Waals surface area contributed by atoms with Gasteiger partial charge < -0.3 is 39.8 Å². The standard InChI is InChI=1S/C22H20O5.C19H19BrN4O3S2.C18H23NO2S2.C16H9Br2IO2/c23-20-19(21(24)27-22(26-20)12-4-5-13-22)14-16-8-10-18(11-9-16)25-15-17-6-2-1-3-7-17;1-3-27-13-6-4-5-12(9-13)22-18(26)15-10-17(25)24(19(21)29-15)23-11(2)14-7-8-16(20)28-14;1-17(2,3)11-7-10(8-12(14(11)20)18(4,5)6)9-13-15(21)19-16(22)23-13;17-13-4-8(5-14(18)16(13)21)3-12-11-7-10(19)2-1-9(11)6-15(12)20/h1-3,6-11,14H,4-5,12-13,15H2;4-9,15,21H,3,10H2,1-2H3,(H,22,26);7-9,20H,1-6H3,(H,19,21,22);1-5,7,21H,6H2/b;21-19?,23-11+;13-9+;12-3-. The molecule has 4 fully saturated rings. The smallest absolute Gasteiger partial charge is 0.348 e. The molecule has 2 aliphatic carbocycles. The number of amides is 3. The Morgan fingerprint density at radius 1 is 0.770 bits per heavy atom. The van der Waals surface area contributed by atoms with E-state index in [0.717, 1.165) is 86.4 Å². The number of nitrogens with one attached hydrogen (secondary N) is 3. The number of nitrogens with zero attached hydrogens (tertiary/aromatic N) is 2. The summed E-state index contributed by atoms with van der Waals surface area (Å²) in [4.78, 5) is 75.3. The van der Waals surface area contributed by atoms with Crippen molar-refractivity contribution in [3.63, 3.8) is 0 Å². The molecule has 1 aromatic heterocycles. The van der Waals surface area contributed by atoms with Crippen LogP contribution in [0.5, 0.6) is 23.0 Å². The highest BCUT2D eigenvalue weighted by atomic mass is 127. The maximum absolute atomic E-state index is 12.6. The van der Waals surface area contributed by atoms with Crippen molar-refractivity contribution in [1.82, 2.24) is 10.3 Å². The first kappa shape index (κ1) is 76.9. The molecule has 5 aliphatic rings. The summed E-state index contributed by atoms with van der Waals surface area (Å²) in [5, 5.41) is 38.7. The maximum Gasteiger partial charge on any atom is 0.348 e. The second-order valence-corrected chi connectivity index (χ2v) is 33.8. The Kier molecular flexibility index (Phi) is 25.9. The lowest BCUT2D eigenvalue weighted by Crippen LogP contribution is -2.44. The van der Waals surface area contributed by atoms with Crippen LogP contribution in [0.1, 0.15) is 137 Å². The number of thioether (sulfide) groups is 2. The molecule has 4 heterocycles. The number of amidine groups is 1. The zero-order valence-electron chi connectivity index (χ0n) is 55.7. The summed E-state index contributed by atoms with van der Waals surface area (Å²) in [6.45, 7) is 17.1. The summed E-state index contributed by atoms with van der Waals surface area (Å²) in [5.74, 6) is -1.15. The van der Waals surface area contributed by atoms with E-state index in [4.69, 9.17) is 36.6 Å². The number of rotatable bonds is 12.